The third-order valence-corrected chi connectivity index (χ3v) is 3.92. The lowest BCUT2D eigenvalue weighted by atomic mass is 10.0. The van der Waals surface area contributed by atoms with E-state index in [1.165, 1.54) is 11.9 Å². The zero-order chi connectivity index (χ0) is 14.4. The Morgan fingerprint density at radius 1 is 1.38 bits per heavy atom. The Kier molecular flexibility index (Phi) is 2.54. The molecule has 5 heteroatoms. The molecule has 0 radical (unpaired) electrons. The first-order valence-electron chi connectivity index (χ1n) is 6.82. The van der Waals surface area contributed by atoms with Gasteiger partial charge in [0.25, 0.3) is 0 Å². The number of aromatic nitrogens is 2. The van der Waals surface area contributed by atoms with Gasteiger partial charge in [0.15, 0.2) is 0 Å². The van der Waals surface area contributed by atoms with E-state index < -0.39 is 0 Å². The lowest BCUT2D eigenvalue weighted by Gasteiger charge is -2.14. The summed E-state index contributed by atoms with van der Waals surface area (Å²) in [7, 11) is 0. The van der Waals surface area contributed by atoms with Crippen LogP contribution in [-0.2, 0) is 11.2 Å². The summed E-state index contributed by atoms with van der Waals surface area (Å²) in [6.45, 7) is 2.35. The van der Waals surface area contributed by atoms with Crippen LogP contribution in [0.3, 0.4) is 0 Å². The van der Waals surface area contributed by atoms with E-state index in [1.54, 1.807) is 19.4 Å². The van der Waals surface area contributed by atoms with Crippen LogP contribution in [0, 0.1) is 0 Å². The molecule has 0 N–H and O–H groups in total. The predicted molar refractivity (Wildman–Crippen MR) is 79.0 cm³/mol. The smallest absolute Gasteiger partial charge is 0.229 e. The Morgan fingerprint density at radius 3 is 3.14 bits per heavy atom. The van der Waals surface area contributed by atoms with Gasteiger partial charge in [-0.2, -0.15) is 0 Å². The highest BCUT2D eigenvalue weighted by Crippen LogP contribution is 2.35. The van der Waals surface area contributed by atoms with Crippen LogP contribution in [0.1, 0.15) is 12.5 Å². The SMILES string of the molecule is CC(=O)N1CCc2cc(-c3coc4ncncc34)ccc21. The minimum atomic E-state index is 0.0867. The van der Waals surface area contributed by atoms with Crippen molar-refractivity contribution in [1.82, 2.24) is 9.97 Å². The van der Waals surface area contributed by atoms with Crippen molar-refractivity contribution in [1.29, 1.82) is 0 Å². The number of nitrogens with zero attached hydrogens (tertiary/aromatic N) is 3. The first kappa shape index (κ1) is 12.1. The third-order valence-electron chi connectivity index (χ3n) is 3.92. The molecule has 1 aliphatic rings. The van der Waals surface area contributed by atoms with Gasteiger partial charge in [-0.3, -0.25) is 4.79 Å². The molecule has 1 amide bonds. The molecule has 0 saturated heterocycles. The van der Waals surface area contributed by atoms with E-state index in [4.69, 9.17) is 4.42 Å². The van der Waals surface area contributed by atoms with Crippen molar-refractivity contribution in [3.8, 4) is 11.1 Å². The van der Waals surface area contributed by atoms with E-state index in [-0.39, 0.29) is 5.91 Å². The molecule has 0 spiro atoms. The third kappa shape index (κ3) is 1.81. The van der Waals surface area contributed by atoms with E-state index >= 15 is 0 Å². The molecular formula is C16H13N3O2. The molecule has 0 fully saturated rings. The Balaban J connectivity index is 1.83. The highest BCUT2D eigenvalue weighted by atomic mass is 16.3. The summed E-state index contributed by atoms with van der Waals surface area (Å²) in [6, 6.07) is 6.13. The Hall–Kier alpha value is -2.69. The fourth-order valence-corrected chi connectivity index (χ4v) is 2.90. The van der Waals surface area contributed by atoms with E-state index in [9.17, 15) is 4.79 Å². The van der Waals surface area contributed by atoms with Gasteiger partial charge in [-0.1, -0.05) is 6.07 Å². The van der Waals surface area contributed by atoms with Gasteiger partial charge in [0.2, 0.25) is 11.6 Å². The van der Waals surface area contributed by atoms with Crippen molar-refractivity contribution < 1.29 is 9.21 Å². The van der Waals surface area contributed by atoms with Crippen LogP contribution in [0.2, 0.25) is 0 Å². The van der Waals surface area contributed by atoms with E-state index in [0.29, 0.717) is 5.71 Å². The summed E-state index contributed by atoms with van der Waals surface area (Å²) in [5.41, 5.74) is 4.83. The number of benzene rings is 1. The van der Waals surface area contributed by atoms with E-state index in [1.807, 2.05) is 17.0 Å². The van der Waals surface area contributed by atoms with Gasteiger partial charge in [-0.05, 0) is 29.7 Å². The molecule has 0 atom stereocenters. The monoisotopic (exact) mass is 279 g/mol. The zero-order valence-electron chi connectivity index (χ0n) is 11.5. The molecule has 1 aromatic carbocycles. The number of furan rings is 1. The summed E-state index contributed by atoms with van der Waals surface area (Å²) >= 11 is 0. The maximum absolute atomic E-state index is 11.6. The topological polar surface area (TPSA) is 59.2 Å². The normalized spacial score (nSPS) is 13.7. The van der Waals surface area contributed by atoms with Crippen LogP contribution < -0.4 is 4.90 Å². The van der Waals surface area contributed by atoms with Gasteiger partial charge in [0.1, 0.15) is 12.6 Å². The highest BCUT2D eigenvalue weighted by molar-refractivity contribution is 5.96. The second kappa shape index (κ2) is 4.41. The quantitative estimate of drug-likeness (QED) is 0.687. The predicted octanol–water partition coefficient (Wildman–Crippen LogP) is 2.80. The number of fused-ring (bicyclic) bond motifs is 2. The summed E-state index contributed by atoms with van der Waals surface area (Å²) < 4.78 is 5.47. The van der Waals surface area contributed by atoms with Crippen LogP contribution >= 0.6 is 0 Å². The van der Waals surface area contributed by atoms with Gasteiger partial charge in [0.05, 0.1) is 5.39 Å². The summed E-state index contributed by atoms with van der Waals surface area (Å²) in [6.07, 6.45) is 5.83. The lowest BCUT2D eigenvalue weighted by Crippen LogP contribution is -2.25. The fourth-order valence-electron chi connectivity index (χ4n) is 2.90. The van der Waals surface area contributed by atoms with Gasteiger partial charge in [0, 0.05) is 30.9 Å². The fraction of sp³-hybridized carbons (Fsp3) is 0.188. The molecule has 21 heavy (non-hydrogen) atoms. The number of amides is 1. The zero-order valence-corrected chi connectivity index (χ0v) is 11.5. The Morgan fingerprint density at radius 2 is 2.29 bits per heavy atom. The molecule has 2 aromatic heterocycles. The lowest BCUT2D eigenvalue weighted by molar-refractivity contribution is -0.116. The van der Waals surface area contributed by atoms with Gasteiger partial charge in [-0.15, -0.1) is 0 Å². The van der Waals surface area contributed by atoms with Crippen LogP contribution in [0.5, 0.6) is 0 Å². The molecule has 4 rings (SSSR count). The largest absolute Gasteiger partial charge is 0.445 e. The van der Waals surface area contributed by atoms with Gasteiger partial charge < -0.3 is 9.32 Å². The number of carbonyl (C=O) groups excluding carboxylic acids is 1. The number of anilines is 1. The molecule has 3 heterocycles. The van der Waals surface area contributed by atoms with Gasteiger partial charge in [-0.25, -0.2) is 9.97 Å². The maximum atomic E-state index is 11.6. The van der Waals surface area contributed by atoms with E-state index in [2.05, 4.69) is 16.0 Å². The van der Waals surface area contributed by atoms with Crippen molar-refractivity contribution in [2.45, 2.75) is 13.3 Å². The van der Waals surface area contributed by atoms with Crippen LogP contribution in [0.4, 0.5) is 5.69 Å². The molecule has 104 valence electrons. The average molecular weight is 279 g/mol. The second-order valence-corrected chi connectivity index (χ2v) is 5.16. The molecule has 0 saturated carbocycles. The summed E-state index contributed by atoms with van der Waals surface area (Å²) in [5.74, 6) is 0.0867. The standard InChI is InChI=1S/C16H13N3O2/c1-10(20)19-5-4-12-6-11(2-3-15(12)19)14-8-21-16-13(14)7-17-9-18-16/h2-3,6-9H,4-5H2,1H3. The number of rotatable bonds is 1. The van der Waals surface area contributed by atoms with Crippen LogP contribution in [-0.4, -0.2) is 22.4 Å². The molecule has 3 aromatic rings. The molecule has 1 aliphatic heterocycles. The number of hydrogen-bond acceptors (Lipinski definition) is 4. The first-order chi connectivity index (χ1) is 10.2. The minimum absolute atomic E-state index is 0.0867. The minimum Gasteiger partial charge on any atom is -0.445 e. The van der Waals surface area contributed by atoms with Crippen molar-refractivity contribution in [2.75, 3.05) is 11.4 Å². The Bertz CT molecular complexity index is 854. The van der Waals surface area contributed by atoms with Crippen molar-refractivity contribution in [3.63, 3.8) is 0 Å². The summed E-state index contributed by atoms with van der Waals surface area (Å²) in [5, 5.41) is 0.902. The molecule has 0 aliphatic carbocycles. The maximum Gasteiger partial charge on any atom is 0.229 e. The average Bonchev–Trinajstić information content (AvgIpc) is 3.10. The molecule has 0 bridgehead atoms. The number of carbonyl (C=O) groups is 1. The summed E-state index contributed by atoms with van der Waals surface area (Å²) in [4.78, 5) is 21.6. The van der Waals surface area contributed by atoms with E-state index in [0.717, 1.165) is 35.2 Å². The van der Waals surface area contributed by atoms with Crippen molar-refractivity contribution in [2.24, 2.45) is 0 Å². The van der Waals surface area contributed by atoms with Gasteiger partial charge >= 0.3 is 0 Å². The van der Waals surface area contributed by atoms with Crippen LogP contribution in [0.25, 0.3) is 22.2 Å². The van der Waals surface area contributed by atoms with Crippen molar-refractivity contribution in [3.05, 3.63) is 42.5 Å². The molecule has 5 nitrogen and oxygen atoms in total. The first-order valence-corrected chi connectivity index (χ1v) is 6.82. The van der Waals surface area contributed by atoms with Crippen LogP contribution in [0.15, 0.2) is 41.4 Å². The molecule has 0 unspecified atom stereocenters. The second-order valence-electron chi connectivity index (χ2n) is 5.16. The Labute approximate surface area is 121 Å². The van der Waals surface area contributed by atoms with Crippen molar-refractivity contribution >= 4 is 22.7 Å². The highest BCUT2D eigenvalue weighted by Gasteiger charge is 2.22. The molecular weight excluding hydrogens is 266 g/mol. The number of hydrogen-bond donors (Lipinski definition) is 0.